The van der Waals surface area contributed by atoms with E-state index in [-0.39, 0.29) is 4.99 Å². The van der Waals surface area contributed by atoms with Crippen LogP contribution in [0.3, 0.4) is 0 Å². The van der Waals surface area contributed by atoms with E-state index in [4.69, 9.17) is 23.2 Å². The van der Waals surface area contributed by atoms with Crippen molar-refractivity contribution in [1.82, 2.24) is 4.98 Å². The summed E-state index contributed by atoms with van der Waals surface area (Å²) >= 11 is 4.84. The maximum absolute atomic E-state index is 8.97. The number of nitrogens with one attached hydrogen (secondary N) is 1. The molecule has 1 aromatic carbocycles. The number of nitrogens with two attached hydrogens (primary N) is 1. The highest BCUT2D eigenvalue weighted by molar-refractivity contribution is 7.80. The molecule has 0 aliphatic heterocycles. The van der Waals surface area contributed by atoms with Crippen molar-refractivity contribution >= 4 is 34.2 Å². The van der Waals surface area contributed by atoms with Gasteiger partial charge in [0.1, 0.15) is 11.1 Å². The van der Waals surface area contributed by atoms with Crippen LogP contribution in [-0.2, 0) is 6.42 Å². The van der Waals surface area contributed by atoms with Gasteiger partial charge in [-0.25, -0.2) is 0 Å². The van der Waals surface area contributed by atoms with E-state index in [0.717, 1.165) is 22.9 Å². The number of para-hydroxylation sites is 1. The van der Waals surface area contributed by atoms with Gasteiger partial charge in [-0.3, -0.25) is 0 Å². The predicted octanol–water partition coefficient (Wildman–Crippen LogP) is 2.92. The standard InChI is InChI=1S/C14H13N3S/c1-2-9-4-3-5-12-11(8-17-13(9)12)6-10(7-15)14(16)18/h3-6,8,17H,2H2,1H3,(H2,16,18)/b10-6-. The molecule has 0 saturated carbocycles. The van der Waals surface area contributed by atoms with E-state index >= 15 is 0 Å². The number of nitriles is 1. The number of aryl methyl sites for hydroxylation is 1. The van der Waals surface area contributed by atoms with Crippen molar-refractivity contribution in [3.63, 3.8) is 0 Å². The summed E-state index contributed by atoms with van der Waals surface area (Å²) in [4.78, 5) is 3.36. The zero-order valence-corrected chi connectivity index (χ0v) is 10.8. The first-order valence-corrected chi connectivity index (χ1v) is 6.08. The lowest BCUT2D eigenvalue weighted by molar-refractivity contribution is 1.15. The van der Waals surface area contributed by atoms with Crippen molar-refractivity contribution in [2.45, 2.75) is 13.3 Å². The zero-order valence-electron chi connectivity index (χ0n) is 10.0. The molecule has 0 saturated heterocycles. The Kier molecular flexibility index (Phi) is 3.45. The molecule has 0 atom stereocenters. The highest BCUT2D eigenvalue weighted by atomic mass is 32.1. The van der Waals surface area contributed by atoms with Crippen LogP contribution >= 0.6 is 12.2 Å². The molecule has 0 fully saturated rings. The number of aromatic amines is 1. The largest absolute Gasteiger partial charge is 0.389 e. The Bertz CT molecular complexity index is 674. The normalized spacial score (nSPS) is 11.4. The fraction of sp³-hybridized carbons (Fsp3) is 0.143. The highest BCUT2D eigenvalue weighted by Crippen LogP contribution is 2.24. The molecule has 0 bridgehead atoms. The molecule has 2 rings (SSSR count). The quantitative estimate of drug-likeness (QED) is 0.503. The molecule has 0 unspecified atom stereocenters. The van der Waals surface area contributed by atoms with Crippen LogP contribution in [-0.4, -0.2) is 9.97 Å². The molecule has 1 heterocycles. The summed E-state index contributed by atoms with van der Waals surface area (Å²) in [7, 11) is 0. The maximum atomic E-state index is 8.97. The van der Waals surface area contributed by atoms with Crippen molar-refractivity contribution < 1.29 is 0 Å². The van der Waals surface area contributed by atoms with E-state index in [1.165, 1.54) is 5.56 Å². The molecule has 18 heavy (non-hydrogen) atoms. The Morgan fingerprint density at radius 2 is 2.33 bits per heavy atom. The zero-order chi connectivity index (χ0) is 13.1. The molecule has 0 radical (unpaired) electrons. The van der Waals surface area contributed by atoms with Crippen LogP contribution in [0.15, 0.2) is 30.0 Å². The van der Waals surface area contributed by atoms with Gasteiger partial charge in [0.05, 0.1) is 5.57 Å². The van der Waals surface area contributed by atoms with Gasteiger partial charge < -0.3 is 10.7 Å². The molecule has 3 nitrogen and oxygen atoms in total. The van der Waals surface area contributed by atoms with Gasteiger partial charge in [-0.15, -0.1) is 0 Å². The molecule has 3 N–H and O–H groups in total. The molecule has 4 heteroatoms. The second-order valence-corrected chi connectivity index (χ2v) is 4.41. The SMILES string of the molecule is CCc1cccc2c(/C=C(/C#N)C(N)=S)c[nH]c12. The Balaban J connectivity index is 2.61. The smallest absolute Gasteiger partial charge is 0.114 e. The number of H-pyrrole nitrogens is 1. The Morgan fingerprint density at radius 3 is 2.94 bits per heavy atom. The molecule has 0 spiro atoms. The minimum absolute atomic E-state index is 0.124. The number of rotatable bonds is 3. The first-order valence-electron chi connectivity index (χ1n) is 5.68. The minimum Gasteiger partial charge on any atom is -0.389 e. The summed E-state index contributed by atoms with van der Waals surface area (Å²) in [5, 5.41) is 10.1. The van der Waals surface area contributed by atoms with E-state index in [2.05, 4.69) is 18.0 Å². The van der Waals surface area contributed by atoms with E-state index in [1.54, 1.807) is 6.08 Å². The Labute approximate surface area is 111 Å². The number of thiocarbonyl (C=S) groups is 1. The monoisotopic (exact) mass is 255 g/mol. The average Bonchev–Trinajstić information content (AvgIpc) is 2.78. The van der Waals surface area contributed by atoms with Crippen LogP contribution in [0, 0.1) is 11.3 Å². The van der Waals surface area contributed by atoms with Crippen molar-refractivity contribution in [3.05, 3.63) is 41.1 Å². The molecule has 90 valence electrons. The number of hydrogen-bond donors (Lipinski definition) is 2. The molecule has 1 aromatic heterocycles. The van der Waals surface area contributed by atoms with Crippen molar-refractivity contribution in [1.29, 1.82) is 5.26 Å². The van der Waals surface area contributed by atoms with Crippen LogP contribution < -0.4 is 5.73 Å². The highest BCUT2D eigenvalue weighted by Gasteiger charge is 2.06. The third-order valence-corrected chi connectivity index (χ3v) is 3.12. The first kappa shape index (κ1) is 12.3. The van der Waals surface area contributed by atoms with E-state index in [1.807, 2.05) is 24.4 Å². The number of aromatic nitrogens is 1. The predicted molar refractivity (Wildman–Crippen MR) is 78.1 cm³/mol. The summed E-state index contributed by atoms with van der Waals surface area (Å²) in [5.41, 5.74) is 9.11. The van der Waals surface area contributed by atoms with E-state index < -0.39 is 0 Å². The van der Waals surface area contributed by atoms with Gasteiger partial charge in [0, 0.05) is 22.7 Å². The van der Waals surface area contributed by atoms with Crippen LogP contribution in [0.25, 0.3) is 17.0 Å². The van der Waals surface area contributed by atoms with E-state index in [9.17, 15) is 0 Å². The Morgan fingerprint density at radius 1 is 1.56 bits per heavy atom. The van der Waals surface area contributed by atoms with Crippen LogP contribution in [0.1, 0.15) is 18.1 Å². The lowest BCUT2D eigenvalue weighted by Gasteiger charge is -1.99. The van der Waals surface area contributed by atoms with Gasteiger partial charge in [0.25, 0.3) is 0 Å². The van der Waals surface area contributed by atoms with Gasteiger partial charge in [0.2, 0.25) is 0 Å². The number of benzene rings is 1. The third-order valence-electron chi connectivity index (χ3n) is 2.90. The molecular weight excluding hydrogens is 242 g/mol. The lowest BCUT2D eigenvalue weighted by Crippen LogP contribution is -2.09. The molecule has 2 aromatic rings. The summed E-state index contributed by atoms with van der Waals surface area (Å²) < 4.78 is 0. The fourth-order valence-corrected chi connectivity index (χ4v) is 2.07. The first-order chi connectivity index (χ1) is 8.67. The van der Waals surface area contributed by atoms with Crippen molar-refractivity contribution in [2.24, 2.45) is 5.73 Å². The fourth-order valence-electron chi connectivity index (χ4n) is 1.97. The second kappa shape index (κ2) is 5.03. The molecule has 0 aliphatic rings. The summed E-state index contributed by atoms with van der Waals surface area (Å²) in [6.45, 7) is 2.11. The Hall–Kier alpha value is -2.12. The summed E-state index contributed by atoms with van der Waals surface area (Å²) in [5.74, 6) is 0. The van der Waals surface area contributed by atoms with Crippen LogP contribution in [0.2, 0.25) is 0 Å². The molecular formula is C14H13N3S. The van der Waals surface area contributed by atoms with Crippen molar-refractivity contribution in [2.75, 3.05) is 0 Å². The second-order valence-electron chi connectivity index (χ2n) is 3.97. The molecule has 0 aliphatic carbocycles. The van der Waals surface area contributed by atoms with Gasteiger partial charge in [0.15, 0.2) is 0 Å². The topological polar surface area (TPSA) is 65.6 Å². The number of fused-ring (bicyclic) bond motifs is 1. The molecule has 0 amide bonds. The summed E-state index contributed by atoms with van der Waals surface area (Å²) in [6.07, 6.45) is 4.56. The van der Waals surface area contributed by atoms with Crippen molar-refractivity contribution in [3.8, 4) is 6.07 Å². The van der Waals surface area contributed by atoms with E-state index in [0.29, 0.717) is 5.57 Å². The summed E-state index contributed by atoms with van der Waals surface area (Å²) in [6, 6.07) is 8.13. The average molecular weight is 255 g/mol. The van der Waals surface area contributed by atoms with Gasteiger partial charge in [-0.1, -0.05) is 37.3 Å². The number of nitrogens with zero attached hydrogens (tertiary/aromatic N) is 1. The van der Waals surface area contributed by atoms with Gasteiger partial charge in [-0.05, 0) is 18.1 Å². The lowest BCUT2D eigenvalue weighted by atomic mass is 10.1. The van der Waals surface area contributed by atoms with Gasteiger partial charge in [-0.2, -0.15) is 5.26 Å². The van der Waals surface area contributed by atoms with Crippen LogP contribution in [0.5, 0.6) is 0 Å². The number of hydrogen-bond acceptors (Lipinski definition) is 2. The minimum atomic E-state index is 0.124. The van der Waals surface area contributed by atoms with Crippen LogP contribution in [0.4, 0.5) is 0 Å². The third kappa shape index (κ3) is 2.13. The van der Waals surface area contributed by atoms with Gasteiger partial charge >= 0.3 is 0 Å². The maximum Gasteiger partial charge on any atom is 0.114 e.